The molecule has 3 aromatic rings. The monoisotopic (exact) mass is 417 g/mol. The van der Waals surface area contributed by atoms with Crippen LogP contribution in [0, 0.1) is 20.8 Å². The number of carbonyl (C=O) groups is 2. The summed E-state index contributed by atoms with van der Waals surface area (Å²) in [6, 6.07) is 14.9. The Labute approximate surface area is 180 Å². The van der Waals surface area contributed by atoms with Gasteiger partial charge in [-0.05, 0) is 68.3 Å². The van der Waals surface area contributed by atoms with Gasteiger partial charge in [-0.3, -0.25) is 14.5 Å². The predicted molar refractivity (Wildman–Crippen MR) is 117 cm³/mol. The van der Waals surface area contributed by atoms with Gasteiger partial charge in [0.1, 0.15) is 29.1 Å². The van der Waals surface area contributed by atoms with Crippen molar-refractivity contribution in [2.45, 2.75) is 26.8 Å². The third kappa shape index (κ3) is 3.50. The molecule has 158 valence electrons. The molecule has 31 heavy (non-hydrogen) atoms. The fourth-order valence-corrected chi connectivity index (χ4v) is 3.77. The molecule has 0 radical (unpaired) electrons. The highest BCUT2D eigenvalue weighted by molar-refractivity contribution is 6.51. The van der Waals surface area contributed by atoms with Crippen molar-refractivity contribution in [1.82, 2.24) is 0 Å². The van der Waals surface area contributed by atoms with Crippen LogP contribution >= 0.6 is 0 Å². The van der Waals surface area contributed by atoms with Crippen molar-refractivity contribution < 1.29 is 23.8 Å². The summed E-state index contributed by atoms with van der Waals surface area (Å²) in [6.07, 6.45) is 0. The largest absolute Gasteiger partial charge is 0.507 e. The molecule has 6 heteroatoms. The summed E-state index contributed by atoms with van der Waals surface area (Å²) in [7, 11) is 1.52. The van der Waals surface area contributed by atoms with E-state index in [0.717, 1.165) is 11.1 Å². The molecule has 1 aromatic heterocycles. The smallest absolute Gasteiger partial charge is 0.300 e. The van der Waals surface area contributed by atoms with E-state index in [2.05, 4.69) is 0 Å². The zero-order valence-electron chi connectivity index (χ0n) is 17.8. The summed E-state index contributed by atoms with van der Waals surface area (Å²) in [6.45, 7) is 5.70. The van der Waals surface area contributed by atoms with Crippen LogP contribution in [-0.4, -0.2) is 23.9 Å². The van der Waals surface area contributed by atoms with Crippen LogP contribution in [0.2, 0.25) is 0 Å². The molecule has 6 nitrogen and oxygen atoms in total. The van der Waals surface area contributed by atoms with Crippen LogP contribution in [0.1, 0.15) is 34.3 Å². The summed E-state index contributed by atoms with van der Waals surface area (Å²) in [4.78, 5) is 27.6. The zero-order valence-corrected chi connectivity index (χ0v) is 17.8. The van der Waals surface area contributed by atoms with E-state index in [1.54, 1.807) is 49.4 Å². The quantitative estimate of drug-likeness (QED) is 0.373. The summed E-state index contributed by atoms with van der Waals surface area (Å²) in [5, 5.41) is 11.1. The van der Waals surface area contributed by atoms with Gasteiger partial charge in [0.15, 0.2) is 0 Å². The Morgan fingerprint density at radius 1 is 1.00 bits per heavy atom. The number of ether oxygens (including phenoxy) is 1. The number of furan rings is 1. The number of benzene rings is 2. The van der Waals surface area contributed by atoms with Gasteiger partial charge in [-0.1, -0.05) is 18.2 Å². The maximum Gasteiger partial charge on any atom is 0.300 e. The lowest BCUT2D eigenvalue weighted by atomic mass is 9.99. The molecule has 1 aliphatic rings. The van der Waals surface area contributed by atoms with Crippen LogP contribution in [0.25, 0.3) is 5.76 Å². The number of aliphatic hydroxyl groups excluding tert-OH is 1. The number of carbonyl (C=O) groups excluding carboxylic acids is 2. The maximum absolute atomic E-state index is 13.1. The van der Waals surface area contributed by atoms with E-state index in [-0.39, 0.29) is 11.3 Å². The van der Waals surface area contributed by atoms with Crippen molar-refractivity contribution >= 4 is 23.1 Å². The second-order valence-electron chi connectivity index (χ2n) is 7.62. The Bertz CT molecular complexity index is 1220. The molecule has 1 unspecified atom stereocenters. The molecule has 0 saturated carbocycles. The molecule has 1 aliphatic heterocycles. The Balaban J connectivity index is 1.94. The highest BCUT2D eigenvalue weighted by Gasteiger charge is 2.48. The van der Waals surface area contributed by atoms with Crippen molar-refractivity contribution in [2.75, 3.05) is 12.0 Å². The molecule has 2 aromatic carbocycles. The van der Waals surface area contributed by atoms with Crippen LogP contribution in [0.5, 0.6) is 5.75 Å². The van der Waals surface area contributed by atoms with Crippen molar-refractivity contribution in [3.63, 3.8) is 0 Å². The first-order valence-corrected chi connectivity index (χ1v) is 9.91. The first kappa shape index (κ1) is 20.5. The number of aliphatic hydroxyl groups is 1. The molecule has 0 spiro atoms. The lowest BCUT2D eigenvalue weighted by Gasteiger charge is -2.24. The summed E-state index contributed by atoms with van der Waals surface area (Å²) in [5.41, 5.74) is 2.98. The lowest BCUT2D eigenvalue weighted by Crippen LogP contribution is -2.29. The molecule has 2 heterocycles. The molecule has 0 aliphatic carbocycles. The van der Waals surface area contributed by atoms with Gasteiger partial charge in [-0.25, -0.2) is 0 Å². The Morgan fingerprint density at radius 3 is 2.42 bits per heavy atom. The van der Waals surface area contributed by atoms with Gasteiger partial charge < -0.3 is 14.3 Å². The standard InChI is InChI=1S/C25H23NO5/c1-14-8-10-18(12-15(14)2)26-22(20-11-9-16(3)31-20)21(24(28)25(26)29)23(27)17-6-5-7-19(13-17)30-4/h5-13,22,27H,1-4H3/b23-21-. The highest BCUT2D eigenvalue weighted by Crippen LogP contribution is 2.43. The molecule has 0 bridgehead atoms. The van der Waals surface area contributed by atoms with Gasteiger partial charge in [-0.2, -0.15) is 0 Å². The minimum absolute atomic E-state index is 0.0224. The first-order chi connectivity index (χ1) is 14.8. The van der Waals surface area contributed by atoms with Crippen molar-refractivity contribution in [1.29, 1.82) is 0 Å². The van der Waals surface area contributed by atoms with Gasteiger partial charge in [-0.15, -0.1) is 0 Å². The van der Waals surface area contributed by atoms with E-state index in [9.17, 15) is 14.7 Å². The Morgan fingerprint density at radius 2 is 1.77 bits per heavy atom. The number of rotatable bonds is 4. The third-order valence-corrected chi connectivity index (χ3v) is 5.59. The van der Waals surface area contributed by atoms with Gasteiger partial charge >= 0.3 is 0 Å². The van der Waals surface area contributed by atoms with Crippen LogP contribution in [0.3, 0.4) is 0 Å². The maximum atomic E-state index is 13.1. The number of anilines is 1. The van der Waals surface area contributed by atoms with Gasteiger partial charge in [0.05, 0.1) is 12.7 Å². The number of aryl methyl sites for hydroxylation is 3. The number of methoxy groups -OCH3 is 1. The summed E-state index contributed by atoms with van der Waals surface area (Å²) >= 11 is 0. The molecule has 1 fully saturated rings. The van der Waals surface area contributed by atoms with Crippen molar-refractivity contribution in [2.24, 2.45) is 0 Å². The number of nitrogens with zero attached hydrogens (tertiary/aromatic N) is 1. The predicted octanol–water partition coefficient (Wildman–Crippen LogP) is 4.84. The fraction of sp³-hybridized carbons (Fsp3) is 0.200. The minimum atomic E-state index is -0.887. The zero-order chi connectivity index (χ0) is 22.3. The van der Waals surface area contributed by atoms with Crippen LogP contribution in [-0.2, 0) is 9.59 Å². The van der Waals surface area contributed by atoms with Crippen molar-refractivity contribution in [3.8, 4) is 5.75 Å². The second kappa shape index (κ2) is 7.80. The minimum Gasteiger partial charge on any atom is -0.507 e. The molecular weight excluding hydrogens is 394 g/mol. The van der Waals surface area contributed by atoms with E-state index in [0.29, 0.717) is 28.5 Å². The molecule has 1 amide bonds. The van der Waals surface area contributed by atoms with E-state index in [1.165, 1.54) is 12.0 Å². The number of hydrogen-bond donors (Lipinski definition) is 1. The lowest BCUT2D eigenvalue weighted by molar-refractivity contribution is -0.132. The SMILES string of the molecule is COc1cccc(/C(O)=C2/C(=O)C(=O)N(c3ccc(C)c(C)c3)C2c2ccc(C)o2)c1. The molecule has 4 rings (SSSR count). The average Bonchev–Trinajstić information content (AvgIpc) is 3.30. The van der Waals surface area contributed by atoms with Crippen LogP contribution < -0.4 is 9.64 Å². The average molecular weight is 417 g/mol. The summed E-state index contributed by atoms with van der Waals surface area (Å²) in [5.74, 6) is -0.189. The molecule has 1 N–H and O–H groups in total. The second-order valence-corrected chi connectivity index (χ2v) is 7.62. The number of Topliss-reactive ketones (excluding diaryl/α,β-unsaturated/α-hetero) is 1. The van der Waals surface area contributed by atoms with E-state index in [1.807, 2.05) is 26.0 Å². The van der Waals surface area contributed by atoms with Gasteiger partial charge in [0.2, 0.25) is 0 Å². The first-order valence-electron chi connectivity index (χ1n) is 9.91. The van der Waals surface area contributed by atoms with Gasteiger partial charge in [0, 0.05) is 11.3 Å². The topological polar surface area (TPSA) is 80.0 Å². The van der Waals surface area contributed by atoms with Gasteiger partial charge in [0.25, 0.3) is 11.7 Å². The normalized spacial score (nSPS) is 17.9. The summed E-state index contributed by atoms with van der Waals surface area (Å²) < 4.78 is 11.0. The number of amides is 1. The van der Waals surface area contributed by atoms with Crippen LogP contribution in [0.4, 0.5) is 5.69 Å². The fourth-order valence-electron chi connectivity index (χ4n) is 3.77. The molecule has 1 atom stereocenters. The molecular formula is C25H23NO5. The Kier molecular flexibility index (Phi) is 5.15. The van der Waals surface area contributed by atoms with E-state index < -0.39 is 17.7 Å². The Hall–Kier alpha value is -3.80. The number of ketones is 1. The van der Waals surface area contributed by atoms with Crippen LogP contribution in [0.15, 0.2) is 64.6 Å². The van der Waals surface area contributed by atoms with E-state index in [4.69, 9.17) is 9.15 Å². The molecule has 1 saturated heterocycles. The van der Waals surface area contributed by atoms with Crippen molar-refractivity contribution in [3.05, 3.63) is 88.4 Å². The number of hydrogen-bond acceptors (Lipinski definition) is 5. The van der Waals surface area contributed by atoms with E-state index >= 15 is 0 Å². The third-order valence-electron chi connectivity index (χ3n) is 5.59. The highest BCUT2D eigenvalue weighted by atomic mass is 16.5.